The van der Waals surface area contributed by atoms with Crippen LogP contribution in [0, 0.1) is 5.41 Å². The van der Waals surface area contributed by atoms with Gasteiger partial charge in [-0.3, -0.25) is 0 Å². The van der Waals surface area contributed by atoms with Crippen LogP contribution >= 0.6 is 0 Å². The summed E-state index contributed by atoms with van der Waals surface area (Å²) < 4.78 is 119. The van der Waals surface area contributed by atoms with E-state index in [1.54, 1.807) is 0 Å². The van der Waals surface area contributed by atoms with E-state index in [9.17, 15) is 39.5 Å². The minimum absolute atomic E-state index is 0.669. The highest BCUT2D eigenvalue weighted by Gasteiger charge is 2.86. The maximum atomic E-state index is 12.8. The predicted octanol–water partition coefficient (Wildman–Crippen LogP) is 4.62. The van der Waals surface area contributed by atoms with Crippen molar-refractivity contribution in [2.24, 2.45) is 5.41 Å². The summed E-state index contributed by atoms with van der Waals surface area (Å²) in [4.78, 5) is 0. The van der Waals surface area contributed by atoms with Crippen LogP contribution in [-0.2, 0) is 4.74 Å². The van der Waals surface area contributed by atoms with Gasteiger partial charge in [0.05, 0.1) is 5.60 Å². The molecule has 0 fully saturated rings. The van der Waals surface area contributed by atoms with Crippen molar-refractivity contribution >= 4 is 0 Å². The zero-order chi connectivity index (χ0) is 19.1. The lowest BCUT2D eigenvalue weighted by Gasteiger charge is -2.45. The first kappa shape index (κ1) is 22.3. The van der Waals surface area contributed by atoms with E-state index in [1.807, 2.05) is 0 Å². The van der Waals surface area contributed by atoms with Gasteiger partial charge in [-0.1, -0.05) is 13.8 Å². The molecule has 0 aromatic heterocycles. The topological polar surface area (TPSA) is 29.5 Å². The number of aliphatic hydroxyl groups is 1. The Morgan fingerprint density at radius 1 is 0.696 bits per heavy atom. The SMILES string of the molecule is CC(C)(CO)CC(C)(C)OC(C(F)(F)F)(C(F)(F)F)C(F)(F)F. The van der Waals surface area contributed by atoms with E-state index < -0.39 is 48.2 Å². The fourth-order valence-electron chi connectivity index (χ4n) is 2.31. The molecule has 0 atom stereocenters. The largest absolute Gasteiger partial charge is 0.435 e. The van der Waals surface area contributed by atoms with Crippen molar-refractivity contribution in [1.29, 1.82) is 0 Å². The van der Waals surface area contributed by atoms with Gasteiger partial charge in [-0.15, -0.1) is 0 Å². The summed E-state index contributed by atoms with van der Waals surface area (Å²) in [6.07, 6.45) is -21.0. The first-order valence-electron chi connectivity index (χ1n) is 6.24. The highest BCUT2D eigenvalue weighted by molar-refractivity contribution is 5.04. The molecular weight excluding hydrogens is 347 g/mol. The molecule has 2 nitrogen and oxygen atoms in total. The van der Waals surface area contributed by atoms with Crippen molar-refractivity contribution in [3.63, 3.8) is 0 Å². The van der Waals surface area contributed by atoms with Crippen molar-refractivity contribution in [2.45, 2.75) is 63.8 Å². The number of aliphatic hydroxyl groups excluding tert-OH is 1. The molecule has 0 heterocycles. The molecule has 0 saturated carbocycles. The summed E-state index contributed by atoms with van der Waals surface area (Å²) in [6, 6.07) is 0. The number of ether oxygens (including phenoxy) is 1. The van der Waals surface area contributed by atoms with Crippen molar-refractivity contribution in [2.75, 3.05) is 6.61 Å². The number of alkyl halides is 9. The van der Waals surface area contributed by atoms with Crippen LogP contribution in [0.25, 0.3) is 0 Å². The van der Waals surface area contributed by atoms with Crippen LogP contribution in [-0.4, -0.2) is 41.4 Å². The molecule has 1 N–H and O–H groups in total. The van der Waals surface area contributed by atoms with Crippen molar-refractivity contribution in [3.8, 4) is 0 Å². The van der Waals surface area contributed by atoms with Gasteiger partial charge < -0.3 is 9.84 Å². The number of hydrogen-bond acceptors (Lipinski definition) is 2. The van der Waals surface area contributed by atoms with Crippen LogP contribution in [0.1, 0.15) is 34.1 Å². The van der Waals surface area contributed by atoms with Crippen LogP contribution in [0.2, 0.25) is 0 Å². The normalized spacial score (nSPS) is 15.9. The molecule has 0 aromatic rings. The Morgan fingerprint density at radius 3 is 1.22 bits per heavy atom. The molecule has 11 heteroatoms. The molecule has 0 radical (unpaired) electrons. The second-order valence-corrected chi connectivity index (χ2v) is 6.54. The monoisotopic (exact) mass is 364 g/mol. The quantitative estimate of drug-likeness (QED) is 0.722. The molecule has 0 aliphatic carbocycles. The molecule has 0 saturated heterocycles. The Labute approximate surface area is 126 Å². The van der Waals surface area contributed by atoms with Gasteiger partial charge in [0.15, 0.2) is 0 Å². The highest BCUT2D eigenvalue weighted by atomic mass is 19.4. The van der Waals surface area contributed by atoms with Crippen molar-refractivity contribution in [3.05, 3.63) is 0 Å². The van der Waals surface area contributed by atoms with E-state index in [-0.39, 0.29) is 0 Å². The molecular formula is C12H17F9O2. The first-order valence-corrected chi connectivity index (χ1v) is 6.24. The fourth-order valence-corrected chi connectivity index (χ4v) is 2.31. The van der Waals surface area contributed by atoms with E-state index in [1.165, 1.54) is 13.8 Å². The van der Waals surface area contributed by atoms with Gasteiger partial charge in [-0.05, 0) is 25.7 Å². The van der Waals surface area contributed by atoms with E-state index in [2.05, 4.69) is 4.74 Å². The Bertz CT molecular complexity index is 368. The van der Waals surface area contributed by atoms with Gasteiger partial charge in [0.25, 0.3) is 0 Å². The van der Waals surface area contributed by atoms with E-state index >= 15 is 0 Å². The molecule has 0 rings (SSSR count). The van der Waals surface area contributed by atoms with Gasteiger partial charge in [-0.25, -0.2) is 0 Å². The molecule has 0 aliphatic rings. The third-order valence-corrected chi connectivity index (χ3v) is 2.96. The standard InChI is InChI=1S/C12H17F9O2/c1-7(2,6-22)5-8(3,4)23-9(10(13,14)15,11(16,17)18)12(19,20)21/h22H,5-6H2,1-4H3. The third kappa shape index (κ3) is 4.65. The lowest BCUT2D eigenvalue weighted by Crippen LogP contribution is -2.70. The summed E-state index contributed by atoms with van der Waals surface area (Å²) in [6.45, 7) is 3.19. The summed E-state index contributed by atoms with van der Waals surface area (Å²) in [5.41, 5.74) is -10.0. The van der Waals surface area contributed by atoms with Crippen LogP contribution in [0.5, 0.6) is 0 Å². The maximum absolute atomic E-state index is 12.8. The molecule has 0 spiro atoms. The predicted molar refractivity (Wildman–Crippen MR) is 61.5 cm³/mol. The zero-order valence-corrected chi connectivity index (χ0v) is 12.7. The number of halogens is 9. The minimum Gasteiger partial charge on any atom is -0.396 e. The number of hydrogen-bond donors (Lipinski definition) is 1. The Kier molecular flexibility index (Phi) is 5.79. The lowest BCUT2D eigenvalue weighted by molar-refractivity contribution is -0.473. The molecule has 140 valence electrons. The molecule has 0 bridgehead atoms. The average Bonchev–Trinajstić information content (AvgIpc) is 2.19. The van der Waals surface area contributed by atoms with Crippen molar-refractivity contribution < 1.29 is 49.4 Å². The Hall–Kier alpha value is -0.710. The van der Waals surface area contributed by atoms with Crippen molar-refractivity contribution in [1.82, 2.24) is 0 Å². The molecule has 23 heavy (non-hydrogen) atoms. The van der Waals surface area contributed by atoms with Gasteiger partial charge >= 0.3 is 24.1 Å². The second kappa shape index (κ2) is 5.98. The van der Waals surface area contributed by atoms with Crippen LogP contribution in [0.4, 0.5) is 39.5 Å². The summed E-state index contributed by atoms with van der Waals surface area (Å²) >= 11 is 0. The lowest BCUT2D eigenvalue weighted by atomic mass is 9.82. The summed E-state index contributed by atoms with van der Waals surface area (Å²) in [7, 11) is 0. The third-order valence-electron chi connectivity index (χ3n) is 2.96. The molecule has 0 amide bonds. The van der Waals surface area contributed by atoms with E-state index in [0.29, 0.717) is 13.8 Å². The van der Waals surface area contributed by atoms with Gasteiger partial charge in [0, 0.05) is 6.61 Å². The van der Waals surface area contributed by atoms with Crippen LogP contribution < -0.4 is 0 Å². The minimum atomic E-state index is -6.77. The second-order valence-electron chi connectivity index (χ2n) is 6.54. The molecule has 0 unspecified atom stereocenters. The average molecular weight is 364 g/mol. The zero-order valence-electron chi connectivity index (χ0n) is 12.7. The number of rotatable bonds is 5. The maximum Gasteiger partial charge on any atom is 0.435 e. The molecule has 0 aliphatic heterocycles. The first-order chi connectivity index (χ1) is 9.72. The fraction of sp³-hybridized carbons (Fsp3) is 1.00. The molecule has 0 aromatic carbocycles. The highest BCUT2D eigenvalue weighted by Crippen LogP contribution is 2.57. The van der Waals surface area contributed by atoms with Gasteiger partial charge in [0.1, 0.15) is 0 Å². The van der Waals surface area contributed by atoms with E-state index in [0.717, 1.165) is 0 Å². The van der Waals surface area contributed by atoms with Crippen LogP contribution in [0.15, 0.2) is 0 Å². The Balaban J connectivity index is 6.12. The Morgan fingerprint density at radius 2 is 1.00 bits per heavy atom. The van der Waals surface area contributed by atoms with E-state index in [4.69, 9.17) is 5.11 Å². The summed E-state index contributed by atoms with van der Waals surface area (Å²) in [5.74, 6) is 0. The summed E-state index contributed by atoms with van der Waals surface area (Å²) in [5, 5.41) is 9.01. The van der Waals surface area contributed by atoms with Gasteiger partial charge in [0.2, 0.25) is 0 Å². The smallest absolute Gasteiger partial charge is 0.396 e. The van der Waals surface area contributed by atoms with Crippen LogP contribution in [0.3, 0.4) is 0 Å². The van der Waals surface area contributed by atoms with Gasteiger partial charge in [-0.2, -0.15) is 39.5 Å².